The number of hydrogen-bond acceptors (Lipinski definition) is 6. The van der Waals surface area contributed by atoms with Crippen LogP contribution in [0.2, 0.25) is 0 Å². The zero-order valence-corrected chi connectivity index (χ0v) is 25.4. The minimum atomic E-state index is -1.18. The number of fused-ring (bicyclic) bond motifs is 3. The SMILES string of the molecule is CCOC(=O)CC[C@@]1(C)[C@H]([C@@](C)(O)CO)CC[C@]2(C)[C@@H]1CC[C@@H]1[C@@H]([C@]3(C)CC[C@@H](C(C)(C)O)O3)CC[C@]12C. The molecule has 3 N–H and O–H groups in total. The second-order valence-electron chi connectivity index (χ2n) is 15.2. The number of esters is 1. The molecule has 4 rings (SSSR count). The number of aliphatic hydroxyl groups excluding tert-OH is 1. The van der Waals surface area contributed by atoms with E-state index in [1.165, 1.54) is 0 Å². The van der Waals surface area contributed by atoms with E-state index >= 15 is 0 Å². The highest BCUT2D eigenvalue weighted by Crippen LogP contribution is 2.74. The lowest BCUT2D eigenvalue weighted by Crippen LogP contribution is -2.63. The van der Waals surface area contributed by atoms with Gasteiger partial charge in [-0.1, -0.05) is 20.8 Å². The first-order chi connectivity index (χ1) is 17.5. The molecule has 0 unspecified atom stereocenters. The molecule has 1 aliphatic heterocycles. The molecule has 0 radical (unpaired) electrons. The van der Waals surface area contributed by atoms with Gasteiger partial charge in [0.25, 0.3) is 0 Å². The first-order valence-electron chi connectivity index (χ1n) is 15.4. The minimum Gasteiger partial charge on any atom is -0.466 e. The Morgan fingerprint density at radius 3 is 2.16 bits per heavy atom. The number of rotatable bonds is 8. The summed E-state index contributed by atoms with van der Waals surface area (Å²) in [5.41, 5.74) is -2.29. The third-order valence-corrected chi connectivity index (χ3v) is 12.8. The van der Waals surface area contributed by atoms with Crippen LogP contribution in [0.3, 0.4) is 0 Å². The third-order valence-electron chi connectivity index (χ3n) is 12.8. The largest absolute Gasteiger partial charge is 0.466 e. The third kappa shape index (κ3) is 4.67. The average Bonchev–Trinajstić information content (AvgIpc) is 3.40. The van der Waals surface area contributed by atoms with Crippen molar-refractivity contribution in [3.63, 3.8) is 0 Å². The summed E-state index contributed by atoms with van der Waals surface area (Å²) >= 11 is 0. The minimum absolute atomic E-state index is 0.0702. The molecule has 4 aliphatic rings. The van der Waals surface area contributed by atoms with Crippen molar-refractivity contribution in [3.8, 4) is 0 Å². The van der Waals surface area contributed by atoms with Crippen LogP contribution in [-0.2, 0) is 14.3 Å². The maximum atomic E-state index is 12.5. The molecular weight excluding hydrogens is 480 g/mol. The lowest BCUT2D eigenvalue weighted by atomic mass is 9.37. The molecule has 1 saturated heterocycles. The first kappa shape index (κ1) is 30.3. The van der Waals surface area contributed by atoms with Gasteiger partial charge in [0.15, 0.2) is 0 Å². The van der Waals surface area contributed by atoms with Gasteiger partial charge >= 0.3 is 5.97 Å². The van der Waals surface area contributed by atoms with Crippen molar-refractivity contribution in [2.75, 3.05) is 13.2 Å². The Morgan fingerprint density at radius 2 is 1.58 bits per heavy atom. The van der Waals surface area contributed by atoms with Crippen LogP contribution in [0.5, 0.6) is 0 Å². The quantitative estimate of drug-likeness (QED) is 0.347. The molecule has 3 aliphatic carbocycles. The predicted molar refractivity (Wildman–Crippen MR) is 148 cm³/mol. The van der Waals surface area contributed by atoms with Crippen LogP contribution in [0.4, 0.5) is 0 Å². The van der Waals surface area contributed by atoms with Crippen LogP contribution in [0.1, 0.15) is 120 Å². The summed E-state index contributed by atoms with van der Waals surface area (Å²) in [4.78, 5) is 12.5. The second-order valence-corrected chi connectivity index (χ2v) is 15.2. The van der Waals surface area contributed by atoms with Crippen molar-refractivity contribution in [3.05, 3.63) is 0 Å². The number of carbonyl (C=O) groups excluding carboxylic acids is 1. The molecule has 0 spiro atoms. The van der Waals surface area contributed by atoms with E-state index in [9.17, 15) is 20.1 Å². The smallest absolute Gasteiger partial charge is 0.305 e. The maximum absolute atomic E-state index is 12.5. The fourth-order valence-electron chi connectivity index (χ4n) is 10.6. The molecule has 10 atom stereocenters. The Balaban J connectivity index is 1.65. The van der Waals surface area contributed by atoms with Gasteiger partial charge in [-0.2, -0.15) is 0 Å². The topological polar surface area (TPSA) is 96.2 Å². The molecule has 0 aromatic heterocycles. The van der Waals surface area contributed by atoms with Crippen molar-refractivity contribution < 1.29 is 29.6 Å². The molecule has 3 saturated carbocycles. The lowest BCUT2D eigenvalue weighted by molar-refractivity contribution is -0.220. The molecule has 6 nitrogen and oxygen atoms in total. The Hall–Kier alpha value is -0.690. The van der Waals surface area contributed by atoms with E-state index in [-0.39, 0.29) is 46.4 Å². The first-order valence-corrected chi connectivity index (χ1v) is 15.4. The van der Waals surface area contributed by atoms with Gasteiger partial charge in [0.1, 0.15) is 0 Å². The highest BCUT2D eigenvalue weighted by atomic mass is 16.5. The van der Waals surface area contributed by atoms with Gasteiger partial charge in [-0.3, -0.25) is 4.79 Å². The van der Waals surface area contributed by atoms with Gasteiger partial charge < -0.3 is 24.8 Å². The summed E-state index contributed by atoms with van der Waals surface area (Å²) in [5, 5.41) is 32.2. The van der Waals surface area contributed by atoms with Gasteiger partial charge in [0.2, 0.25) is 0 Å². The molecule has 220 valence electrons. The van der Waals surface area contributed by atoms with Crippen LogP contribution in [0.25, 0.3) is 0 Å². The van der Waals surface area contributed by atoms with E-state index in [2.05, 4.69) is 27.7 Å². The van der Waals surface area contributed by atoms with Crippen molar-refractivity contribution in [2.45, 2.75) is 143 Å². The Kier molecular flexibility index (Phi) is 7.96. The molecule has 6 heteroatoms. The Bertz CT molecular complexity index is 880. The van der Waals surface area contributed by atoms with Crippen LogP contribution in [-0.4, -0.2) is 57.4 Å². The van der Waals surface area contributed by atoms with Gasteiger partial charge in [-0.25, -0.2) is 0 Å². The highest BCUT2D eigenvalue weighted by Gasteiger charge is 2.69. The zero-order chi connectivity index (χ0) is 28.4. The van der Waals surface area contributed by atoms with Crippen LogP contribution >= 0.6 is 0 Å². The molecule has 1 heterocycles. The van der Waals surface area contributed by atoms with E-state index < -0.39 is 11.2 Å². The lowest BCUT2D eigenvalue weighted by Gasteiger charge is -2.67. The maximum Gasteiger partial charge on any atom is 0.305 e. The summed E-state index contributed by atoms with van der Waals surface area (Å²) in [7, 11) is 0. The van der Waals surface area contributed by atoms with Crippen LogP contribution < -0.4 is 0 Å². The fourth-order valence-corrected chi connectivity index (χ4v) is 10.6. The van der Waals surface area contributed by atoms with Crippen LogP contribution in [0, 0.1) is 39.9 Å². The molecule has 0 bridgehead atoms. The van der Waals surface area contributed by atoms with Crippen molar-refractivity contribution in [2.24, 2.45) is 39.9 Å². The summed E-state index contributed by atoms with van der Waals surface area (Å²) in [6, 6.07) is 0. The molecule has 0 aromatic carbocycles. The summed E-state index contributed by atoms with van der Waals surface area (Å²) in [6.45, 7) is 17.1. The molecule has 38 heavy (non-hydrogen) atoms. The van der Waals surface area contributed by atoms with E-state index in [4.69, 9.17) is 9.47 Å². The van der Waals surface area contributed by atoms with Gasteiger partial charge in [-0.15, -0.1) is 0 Å². The zero-order valence-electron chi connectivity index (χ0n) is 25.4. The van der Waals surface area contributed by atoms with Gasteiger partial charge in [0.05, 0.1) is 36.1 Å². The Morgan fingerprint density at radius 1 is 0.921 bits per heavy atom. The van der Waals surface area contributed by atoms with E-state index in [0.717, 1.165) is 51.4 Å². The summed E-state index contributed by atoms with van der Waals surface area (Å²) in [5.74, 6) is 1.13. The number of aliphatic hydroxyl groups is 3. The van der Waals surface area contributed by atoms with E-state index in [1.807, 2.05) is 20.8 Å². The number of carbonyl (C=O) groups is 1. The molecule has 0 aromatic rings. The van der Waals surface area contributed by atoms with E-state index in [1.54, 1.807) is 6.92 Å². The monoisotopic (exact) mass is 536 g/mol. The van der Waals surface area contributed by atoms with Crippen molar-refractivity contribution in [1.82, 2.24) is 0 Å². The molecule has 4 fully saturated rings. The van der Waals surface area contributed by atoms with Gasteiger partial charge in [0, 0.05) is 6.42 Å². The Labute approximate surface area is 231 Å². The van der Waals surface area contributed by atoms with Crippen LogP contribution in [0.15, 0.2) is 0 Å². The second kappa shape index (κ2) is 9.99. The van der Waals surface area contributed by atoms with E-state index in [0.29, 0.717) is 37.2 Å². The fraction of sp³-hybridized carbons (Fsp3) is 0.969. The summed E-state index contributed by atoms with van der Waals surface area (Å²) < 4.78 is 12.0. The van der Waals surface area contributed by atoms with Gasteiger partial charge in [-0.05, 0) is 132 Å². The van der Waals surface area contributed by atoms with Crippen molar-refractivity contribution >= 4 is 5.97 Å². The molecule has 0 amide bonds. The van der Waals surface area contributed by atoms with Crippen molar-refractivity contribution in [1.29, 1.82) is 0 Å². The summed E-state index contributed by atoms with van der Waals surface area (Å²) in [6.07, 6.45) is 9.18. The normalized spacial score (nSPS) is 46.8. The highest BCUT2D eigenvalue weighted by molar-refractivity contribution is 5.69. The predicted octanol–water partition coefficient (Wildman–Crippen LogP) is 5.65. The number of hydrogen-bond donors (Lipinski definition) is 3. The molecular formula is C32H56O6. The standard InChI is InChI=1S/C32H56O6/c1-9-37-26(34)15-16-28(4)23-11-10-21-22(32(8)19-14-25(38-32)27(2,3)35)12-17-29(21,5)30(23,6)18-13-24(28)31(7,36)20-33/h21-25,33,35-36H,9-20H2,1-8H3/t21-,22+,23-,24-,25+,28-,29-,30-,31+,32+/m1/s1. The average molecular weight is 537 g/mol. The number of ether oxygens (including phenoxy) is 2.